The lowest BCUT2D eigenvalue weighted by Gasteiger charge is -2.25. The minimum absolute atomic E-state index is 0.140. The van der Waals surface area contributed by atoms with Gasteiger partial charge in [0.15, 0.2) is 0 Å². The molecule has 0 aliphatic carbocycles. The van der Waals surface area contributed by atoms with Crippen molar-refractivity contribution < 1.29 is 10.2 Å². The molecule has 5 heteroatoms. The number of phenols is 2. The zero-order valence-corrected chi connectivity index (χ0v) is 12.5. The van der Waals surface area contributed by atoms with E-state index < -0.39 is 0 Å². The number of hydrogen-bond donors (Lipinski definition) is 4. The van der Waals surface area contributed by atoms with Crippen molar-refractivity contribution in [2.45, 2.75) is 12.5 Å². The van der Waals surface area contributed by atoms with Crippen LogP contribution in [0.15, 0.2) is 36.4 Å². The van der Waals surface area contributed by atoms with Crippen molar-refractivity contribution in [2.75, 3.05) is 6.54 Å². The van der Waals surface area contributed by atoms with Crippen LogP contribution in [0.3, 0.4) is 0 Å². The minimum atomic E-state index is -0.179. The lowest BCUT2D eigenvalue weighted by Crippen LogP contribution is -2.30. The minimum Gasteiger partial charge on any atom is -0.508 e. The standard InChI is InChI=1S/C17H15ClN2O2/c18-9-1-3-14-12(7-9)11-5-6-19-16(17(11)20-14)13-8-10(21)2-4-15(13)22/h1-4,7-8,16,19-22H,5-6H2. The number of fused-ring (bicyclic) bond motifs is 3. The summed E-state index contributed by atoms with van der Waals surface area (Å²) in [6.07, 6.45) is 0.895. The summed E-state index contributed by atoms with van der Waals surface area (Å²) in [5.41, 5.74) is 3.93. The number of H-pyrrole nitrogens is 1. The normalized spacial score (nSPS) is 17.6. The molecule has 3 aromatic rings. The molecule has 1 aromatic heterocycles. The second-order valence-corrected chi connectivity index (χ2v) is 6.02. The molecule has 4 N–H and O–H groups in total. The molecule has 2 aromatic carbocycles. The smallest absolute Gasteiger partial charge is 0.121 e. The van der Waals surface area contributed by atoms with Crippen molar-refractivity contribution in [3.05, 3.63) is 58.2 Å². The number of halogens is 1. The highest BCUT2D eigenvalue weighted by Gasteiger charge is 2.27. The summed E-state index contributed by atoms with van der Waals surface area (Å²) in [6.45, 7) is 0.798. The number of hydrogen-bond acceptors (Lipinski definition) is 3. The van der Waals surface area contributed by atoms with Gasteiger partial charge in [-0.1, -0.05) is 11.6 Å². The fourth-order valence-corrected chi connectivity index (χ4v) is 3.41. The van der Waals surface area contributed by atoms with Gasteiger partial charge in [-0.25, -0.2) is 0 Å². The van der Waals surface area contributed by atoms with Crippen molar-refractivity contribution in [2.24, 2.45) is 0 Å². The molecular weight excluding hydrogens is 300 g/mol. The lowest BCUT2D eigenvalue weighted by molar-refractivity contribution is 0.441. The maximum atomic E-state index is 10.1. The lowest BCUT2D eigenvalue weighted by atomic mass is 9.93. The van der Waals surface area contributed by atoms with Crippen LogP contribution in [0.4, 0.5) is 0 Å². The molecule has 0 spiro atoms. The third-order valence-corrected chi connectivity index (χ3v) is 4.47. The first-order valence-corrected chi connectivity index (χ1v) is 7.56. The van der Waals surface area contributed by atoms with Crippen LogP contribution in [0.1, 0.15) is 22.9 Å². The maximum absolute atomic E-state index is 10.1. The molecule has 1 aliphatic rings. The van der Waals surface area contributed by atoms with Crippen LogP contribution in [0.5, 0.6) is 11.5 Å². The summed E-state index contributed by atoms with van der Waals surface area (Å²) in [4.78, 5) is 3.42. The molecule has 0 saturated carbocycles. The SMILES string of the molecule is Oc1ccc(O)c(C2NCCc3c2[nH]c2ccc(Cl)cc32)c1. The number of rotatable bonds is 1. The number of phenolic OH excluding ortho intramolecular Hbond substituents is 2. The molecule has 0 fully saturated rings. The van der Waals surface area contributed by atoms with E-state index in [-0.39, 0.29) is 17.5 Å². The fourth-order valence-electron chi connectivity index (χ4n) is 3.24. The molecular formula is C17H15ClN2O2. The van der Waals surface area contributed by atoms with Crippen LogP contribution >= 0.6 is 11.6 Å². The molecule has 0 radical (unpaired) electrons. The Morgan fingerprint density at radius 1 is 1.09 bits per heavy atom. The molecule has 0 saturated heterocycles. The Balaban J connectivity index is 1.92. The van der Waals surface area contributed by atoms with Gasteiger partial charge in [0.2, 0.25) is 0 Å². The molecule has 112 valence electrons. The van der Waals surface area contributed by atoms with E-state index in [1.54, 1.807) is 6.07 Å². The van der Waals surface area contributed by atoms with E-state index in [1.165, 1.54) is 17.7 Å². The molecule has 2 heterocycles. The Morgan fingerprint density at radius 2 is 1.95 bits per heavy atom. The summed E-state index contributed by atoms with van der Waals surface area (Å²) in [7, 11) is 0. The average Bonchev–Trinajstić information content (AvgIpc) is 2.88. The second kappa shape index (κ2) is 4.93. The second-order valence-electron chi connectivity index (χ2n) is 5.59. The third kappa shape index (κ3) is 2.03. The molecule has 1 unspecified atom stereocenters. The molecule has 22 heavy (non-hydrogen) atoms. The van der Waals surface area contributed by atoms with Crippen molar-refractivity contribution >= 4 is 22.5 Å². The van der Waals surface area contributed by atoms with Crippen LogP contribution in [-0.2, 0) is 6.42 Å². The van der Waals surface area contributed by atoms with Crippen LogP contribution in [0, 0.1) is 0 Å². The Bertz CT molecular complexity index is 872. The summed E-state index contributed by atoms with van der Waals surface area (Å²) in [5, 5.41) is 25.1. The Hall–Kier alpha value is -2.17. The van der Waals surface area contributed by atoms with Crippen LogP contribution in [-0.4, -0.2) is 21.7 Å². The van der Waals surface area contributed by atoms with Gasteiger partial charge in [0, 0.05) is 33.7 Å². The van der Waals surface area contributed by atoms with Crippen LogP contribution in [0.25, 0.3) is 10.9 Å². The Labute approximate surface area is 132 Å². The van der Waals surface area contributed by atoms with Gasteiger partial charge >= 0.3 is 0 Å². The van der Waals surface area contributed by atoms with E-state index in [9.17, 15) is 10.2 Å². The zero-order valence-electron chi connectivity index (χ0n) is 11.7. The average molecular weight is 315 g/mol. The topological polar surface area (TPSA) is 68.3 Å². The molecule has 0 bridgehead atoms. The maximum Gasteiger partial charge on any atom is 0.121 e. The monoisotopic (exact) mass is 314 g/mol. The molecule has 4 nitrogen and oxygen atoms in total. The van der Waals surface area contributed by atoms with Crippen LogP contribution in [0.2, 0.25) is 5.02 Å². The summed E-state index contributed by atoms with van der Waals surface area (Å²) in [5.74, 6) is 0.306. The van der Waals surface area contributed by atoms with Gasteiger partial charge in [-0.05, 0) is 48.4 Å². The highest BCUT2D eigenvalue weighted by atomic mass is 35.5. The third-order valence-electron chi connectivity index (χ3n) is 4.24. The number of benzene rings is 2. The van der Waals surface area contributed by atoms with Crippen molar-refractivity contribution in [3.63, 3.8) is 0 Å². The van der Waals surface area contributed by atoms with Crippen LogP contribution < -0.4 is 5.32 Å². The van der Waals surface area contributed by atoms with Crippen molar-refractivity contribution in [1.29, 1.82) is 0 Å². The highest BCUT2D eigenvalue weighted by molar-refractivity contribution is 6.31. The van der Waals surface area contributed by atoms with Gasteiger partial charge in [0.25, 0.3) is 0 Å². The van der Waals surface area contributed by atoms with Crippen molar-refractivity contribution in [3.8, 4) is 11.5 Å². The Morgan fingerprint density at radius 3 is 2.82 bits per heavy atom. The van der Waals surface area contributed by atoms with Crippen molar-refractivity contribution in [1.82, 2.24) is 10.3 Å². The van der Waals surface area contributed by atoms with E-state index in [2.05, 4.69) is 10.3 Å². The van der Waals surface area contributed by atoms with Gasteiger partial charge < -0.3 is 20.5 Å². The van der Waals surface area contributed by atoms with E-state index >= 15 is 0 Å². The molecule has 1 aliphatic heterocycles. The summed E-state index contributed by atoms with van der Waals surface area (Å²) in [6, 6.07) is 10.2. The molecule has 0 amide bonds. The van der Waals surface area contributed by atoms with Gasteiger partial charge in [-0.3, -0.25) is 0 Å². The van der Waals surface area contributed by atoms with E-state index in [1.807, 2.05) is 18.2 Å². The molecule has 1 atom stereocenters. The first kappa shape index (κ1) is 13.5. The number of nitrogens with one attached hydrogen (secondary N) is 2. The number of aromatic amines is 1. The van der Waals surface area contributed by atoms with E-state index in [4.69, 9.17) is 11.6 Å². The van der Waals surface area contributed by atoms with Gasteiger partial charge in [0.1, 0.15) is 11.5 Å². The van der Waals surface area contributed by atoms with Gasteiger partial charge in [-0.2, -0.15) is 0 Å². The van der Waals surface area contributed by atoms with E-state index in [0.717, 1.165) is 29.6 Å². The largest absolute Gasteiger partial charge is 0.508 e. The predicted octanol–water partition coefficient (Wildman–Crippen LogP) is 3.47. The quantitative estimate of drug-likeness (QED) is 0.520. The van der Waals surface area contributed by atoms with Gasteiger partial charge in [0.05, 0.1) is 6.04 Å². The number of aromatic nitrogens is 1. The zero-order chi connectivity index (χ0) is 15.3. The predicted molar refractivity (Wildman–Crippen MR) is 86.6 cm³/mol. The first-order chi connectivity index (χ1) is 10.6. The Kier molecular flexibility index (Phi) is 3.03. The summed E-state index contributed by atoms with van der Waals surface area (Å²) < 4.78 is 0. The van der Waals surface area contributed by atoms with Gasteiger partial charge in [-0.15, -0.1) is 0 Å². The fraction of sp³-hybridized carbons (Fsp3) is 0.176. The number of aromatic hydroxyl groups is 2. The summed E-state index contributed by atoms with van der Waals surface area (Å²) >= 11 is 6.11. The molecule has 4 rings (SSSR count). The highest BCUT2D eigenvalue weighted by Crippen LogP contribution is 2.38. The van der Waals surface area contributed by atoms with E-state index in [0.29, 0.717) is 10.6 Å². The first-order valence-electron chi connectivity index (χ1n) is 7.19.